The van der Waals surface area contributed by atoms with Crippen LogP contribution in [0.5, 0.6) is 0 Å². The third-order valence-electron chi connectivity index (χ3n) is 5.15. The molecule has 2 aromatic rings. The third kappa shape index (κ3) is 6.84. The predicted octanol–water partition coefficient (Wildman–Crippen LogP) is 1.70. The smallest absolute Gasteiger partial charge is 0.191 e. The van der Waals surface area contributed by atoms with E-state index in [0.717, 1.165) is 51.1 Å². The second-order valence-electron chi connectivity index (χ2n) is 7.08. The standard InChI is InChI=1S/C20H32N8.HI/c1-4-21-20(23-15-19-24-16-25-26(19)3)22-14-17(2)27-10-12-28(13-11-27)18-8-6-5-7-9-18;/h5-9,16-17H,4,10-15H2,1-3H3,(H2,21,22,23);1H. The molecular weight excluding hydrogens is 479 g/mol. The van der Waals surface area contributed by atoms with Crippen molar-refractivity contribution in [3.05, 3.63) is 42.5 Å². The number of piperazine rings is 1. The Balaban J connectivity index is 0.00000300. The van der Waals surface area contributed by atoms with Gasteiger partial charge in [-0.2, -0.15) is 5.10 Å². The molecule has 8 nitrogen and oxygen atoms in total. The second-order valence-corrected chi connectivity index (χ2v) is 7.08. The summed E-state index contributed by atoms with van der Waals surface area (Å²) in [6.45, 7) is 10.8. The summed E-state index contributed by atoms with van der Waals surface area (Å²) in [7, 11) is 1.88. The van der Waals surface area contributed by atoms with Crippen LogP contribution in [0.2, 0.25) is 0 Å². The van der Waals surface area contributed by atoms with E-state index in [1.54, 1.807) is 11.0 Å². The van der Waals surface area contributed by atoms with Crippen molar-refractivity contribution in [3.63, 3.8) is 0 Å². The van der Waals surface area contributed by atoms with Crippen molar-refractivity contribution in [2.75, 3.05) is 44.2 Å². The van der Waals surface area contributed by atoms with E-state index >= 15 is 0 Å². The fourth-order valence-corrected chi connectivity index (χ4v) is 3.39. The molecule has 0 saturated carbocycles. The normalized spacial score (nSPS) is 16.2. The van der Waals surface area contributed by atoms with Gasteiger partial charge in [0.25, 0.3) is 0 Å². The maximum Gasteiger partial charge on any atom is 0.191 e. The molecule has 3 rings (SSSR count). The Morgan fingerprint density at radius 2 is 1.86 bits per heavy atom. The van der Waals surface area contributed by atoms with E-state index in [0.29, 0.717) is 12.6 Å². The summed E-state index contributed by atoms with van der Waals surface area (Å²) in [5.74, 6) is 1.67. The molecule has 1 fully saturated rings. The SMILES string of the molecule is CCNC(=NCc1ncnn1C)NCC(C)N1CCN(c2ccccc2)CC1.I. The molecule has 1 aliphatic heterocycles. The van der Waals surface area contributed by atoms with Crippen molar-refractivity contribution in [3.8, 4) is 0 Å². The van der Waals surface area contributed by atoms with Crippen molar-refractivity contribution in [2.24, 2.45) is 12.0 Å². The number of aliphatic imine (C=N–C) groups is 1. The van der Waals surface area contributed by atoms with E-state index in [-0.39, 0.29) is 24.0 Å². The van der Waals surface area contributed by atoms with Crippen LogP contribution in [0.25, 0.3) is 0 Å². The number of guanidine groups is 1. The van der Waals surface area contributed by atoms with Gasteiger partial charge < -0.3 is 15.5 Å². The van der Waals surface area contributed by atoms with Crippen molar-refractivity contribution in [2.45, 2.75) is 26.4 Å². The molecule has 2 N–H and O–H groups in total. The number of aromatic nitrogens is 3. The summed E-state index contributed by atoms with van der Waals surface area (Å²) in [5, 5.41) is 10.9. The van der Waals surface area contributed by atoms with Gasteiger partial charge in [-0.3, -0.25) is 9.58 Å². The Morgan fingerprint density at radius 1 is 1.14 bits per heavy atom. The average molecular weight is 512 g/mol. The van der Waals surface area contributed by atoms with E-state index in [4.69, 9.17) is 0 Å². The fourth-order valence-electron chi connectivity index (χ4n) is 3.39. The van der Waals surface area contributed by atoms with Crippen LogP contribution in [0.1, 0.15) is 19.7 Å². The topological polar surface area (TPSA) is 73.6 Å². The first-order valence-corrected chi connectivity index (χ1v) is 10.1. The minimum Gasteiger partial charge on any atom is -0.369 e. The van der Waals surface area contributed by atoms with Crippen LogP contribution >= 0.6 is 24.0 Å². The number of halogens is 1. The highest BCUT2D eigenvalue weighted by atomic mass is 127. The Morgan fingerprint density at radius 3 is 2.48 bits per heavy atom. The van der Waals surface area contributed by atoms with Gasteiger partial charge in [0.05, 0.1) is 0 Å². The van der Waals surface area contributed by atoms with Gasteiger partial charge in [-0.25, -0.2) is 9.98 Å². The summed E-state index contributed by atoms with van der Waals surface area (Å²) >= 11 is 0. The quantitative estimate of drug-likeness (QED) is 0.335. The highest BCUT2D eigenvalue weighted by molar-refractivity contribution is 14.0. The molecule has 2 heterocycles. The van der Waals surface area contributed by atoms with Crippen LogP contribution in [0.3, 0.4) is 0 Å². The number of nitrogens with one attached hydrogen (secondary N) is 2. The van der Waals surface area contributed by atoms with Gasteiger partial charge in [0.1, 0.15) is 18.7 Å². The van der Waals surface area contributed by atoms with E-state index < -0.39 is 0 Å². The zero-order chi connectivity index (χ0) is 19.8. The van der Waals surface area contributed by atoms with Crippen LogP contribution in [0.15, 0.2) is 41.7 Å². The van der Waals surface area contributed by atoms with Gasteiger partial charge in [-0.1, -0.05) is 18.2 Å². The third-order valence-corrected chi connectivity index (χ3v) is 5.15. The number of nitrogens with zero attached hydrogens (tertiary/aromatic N) is 6. The largest absolute Gasteiger partial charge is 0.369 e. The molecule has 0 bridgehead atoms. The lowest BCUT2D eigenvalue weighted by atomic mass is 10.2. The van der Waals surface area contributed by atoms with E-state index in [1.807, 2.05) is 7.05 Å². The van der Waals surface area contributed by atoms with Crippen LogP contribution in [-0.2, 0) is 13.6 Å². The first-order chi connectivity index (χ1) is 13.7. The zero-order valence-electron chi connectivity index (χ0n) is 17.6. The minimum absolute atomic E-state index is 0. The fraction of sp³-hybridized carbons (Fsp3) is 0.550. The Kier molecular flexibility index (Phi) is 9.65. The molecule has 1 aliphatic rings. The van der Waals surface area contributed by atoms with Gasteiger partial charge >= 0.3 is 0 Å². The van der Waals surface area contributed by atoms with Crippen LogP contribution in [0, 0.1) is 0 Å². The van der Waals surface area contributed by atoms with Crippen LogP contribution in [-0.4, -0.2) is 70.9 Å². The van der Waals surface area contributed by atoms with E-state index in [2.05, 4.69) is 79.7 Å². The highest BCUT2D eigenvalue weighted by Gasteiger charge is 2.21. The molecule has 1 saturated heterocycles. The Labute approximate surface area is 190 Å². The van der Waals surface area contributed by atoms with Crippen LogP contribution < -0.4 is 15.5 Å². The molecule has 1 unspecified atom stereocenters. The molecule has 29 heavy (non-hydrogen) atoms. The van der Waals surface area contributed by atoms with Crippen molar-refractivity contribution in [1.29, 1.82) is 0 Å². The lowest BCUT2D eigenvalue weighted by molar-refractivity contribution is 0.197. The predicted molar refractivity (Wildman–Crippen MR) is 129 cm³/mol. The van der Waals surface area contributed by atoms with Crippen LogP contribution in [0.4, 0.5) is 5.69 Å². The number of hydrogen-bond acceptors (Lipinski definition) is 5. The number of para-hydroxylation sites is 1. The van der Waals surface area contributed by atoms with E-state index in [1.165, 1.54) is 5.69 Å². The molecule has 1 aromatic carbocycles. The zero-order valence-corrected chi connectivity index (χ0v) is 19.9. The molecule has 9 heteroatoms. The summed E-state index contributed by atoms with van der Waals surface area (Å²) in [5.41, 5.74) is 1.32. The first-order valence-electron chi connectivity index (χ1n) is 10.1. The summed E-state index contributed by atoms with van der Waals surface area (Å²) in [4.78, 5) is 13.9. The lowest BCUT2D eigenvalue weighted by Gasteiger charge is -2.39. The lowest BCUT2D eigenvalue weighted by Crippen LogP contribution is -2.53. The van der Waals surface area contributed by atoms with Crippen molar-refractivity contribution in [1.82, 2.24) is 30.3 Å². The summed E-state index contributed by atoms with van der Waals surface area (Å²) in [6, 6.07) is 11.1. The van der Waals surface area contributed by atoms with Gasteiger partial charge in [0.15, 0.2) is 5.96 Å². The number of benzene rings is 1. The molecule has 0 amide bonds. The molecule has 1 aromatic heterocycles. The minimum atomic E-state index is 0. The number of hydrogen-bond donors (Lipinski definition) is 2. The molecular formula is C20H33IN8. The summed E-state index contributed by atoms with van der Waals surface area (Å²) < 4.78 is 1.75. The monoisotopic (exact) mass is 512 g/mol. The van der Waals surface area contributed by atoms with Gasteiger partial charge in [0, 0.05) is 58.0 Å². The Hall–Kier alpha value is -1.88. The molecule has 160 valence electrons. The number of anilines is 1. The first kappa shape index (κ1) is 23.4. The number of rotatable bonds is 7. The Bertz CT molecular complexity index is 740. The maximum atomic E-state index is 4.63. The summed E-state index contributed by atoms with van der Waals surface area (Å²) in [6.07, 6.45) is 1.56. The molecule has 0 spiro atoms. The van der Waals surface area contributed by atoms with Gasteiger partial charge in [-0.05, 0) is 26.0 Å². The molecule has 1 atom stereocenters. The second kappa shape index (κ2) is 12.0. The molecule has 0 aliphatic carbocycles. The van der Waals surface area contributed by atoms with Gasteiger partial charge in [0.2, 0.25) is 0 Å². The molecule has 0 radical (unpaired) electrons. The van der Waals surface area contributed by atoms with E-state index in [9.17, 15) is 0 Å². The van der Waals surface area contributed by atoms with Gasteiger partial charge in [-0.15, -0.1) is 24.0 Å². The maximum absolute atomic E-state index is 4.63. The average Bonchev–Trinajstić information content (AvgIpc) is 3.15. The van der Waals surface area contributed by atoms with Crippen molar-refractivity contribution >= 4 is 35.6 Å². The van der Waals surface area contributed by atoms with Crippen molar-refractivity contribution < 1.29 is 0 Å². The highest BCUT2D eigenvalue weighted by Crippen LogP contribution is 2.16. The number of aryl methyl sites for hydroxylation is 1.